The molecule has 1 N–H and O–H groups in total. The Bertz CT molecular complexity index is 1210. The predicted molar refractivity (Wildman–Crippen MR) is 99.9 cm³/mol. The lowest BCUT2D eigenvalue weighted by molar-refractivity contribution is 0.0694. The molecule has 27 heavy (non-hydrogen) atoms. The van der Waals surface area contributed by atoms with Gasteiger partial charge in [0.05, 0.1) is 11.7 Å². The molecule has 0 aliphatic heterocycles. The highest BCUT2D eigenvalue weighted by molar-refractivity contribution is 5.88. The normalized spacial score (nSPS) is 11.0. The second kappa shape index (κ2) is 6.53. The van der Waals surface area contributed by atoms with Gasteiger partial charge in [0.25, 0.3) is 5.56 Å². The minimum atomic E-state index is -1.24. The summed E-state index contributed by atoms with van der Waals surface area (Å²) in [5, 5.41) is 13.5. The number of nitrogens with zero attached hydrogens (tertiary/aromatic N) is 4. The third-order valence-electron chi connectivity index (χ3n) is 4.42. The summed E-state index contributed by atoms with van der Waals surface area (Å²) in [4.78, 5) is 28.3. The van der Waals surface area contributed by atoms with E-state index in [1.54, 1.807) is 35.4 Å². The molecule has 0 aliphatic carbocycles. The number of hydrogen-bond acceptors (Lipinski definition) is 4. The first-order valence-electron chi connectivity index (χ1n) is 8.33. The van der Waals surface area contributed by atoms with Crippen molar-refractivity contribution in [2.75, 3.05) is 0 Å². The highest BCUT2D eigenvalue weighted by Gasteiger charge is 2.15. The highest BCUT2D eigenvalue weighted by Crippen LogP contribution is 2.19. The highest BCUT2D eigenvalue weighted by atomic mass is 16.4. The molecule has 0 bridgehead atoms. The van der Waals surface area contributed by atoms with E-state index >= 15 is 0 Å². The summed E-state index contributed by atoms with van der Waals surface area (Å²) in [6, 6.07) is 10.6. The summed E-state index contributed by atoms with van der Waals surface area (Å²) in [5.41, 5.74) is 3.32. The summed E-state index contributed by atoms with van der Waals surface area (Å²) in [5.74, 6) is -1.24. The molecule has 0 saturated heterocycles. The Hall–Kier alpha value is -3.74. The first-order chi connectivity index (χ1) is 13.0. The van der Waals surface area contributed by atoms with E-state index in [1.807, 2.05) is 31.4 Å². The minimum Gasteiger partial charge on any atom is -0.477 e. The van der Waals surface area contributed by atoms with Crippen LogP contribution >= 0.6 is 0 Å². The van der Waals surface area contributed by atoms with E-state index in [-0.39, 0.29) is 5.56 Å². The second-order valence-corrected chi connectivity index (χ2v) is 6.27. The van der Waals surface area contributed by atoms with Gasteiger partial charge >= 0.3 is 5.97 Å². The van der Waals surface area contributed by atoms with Gasteiger partial charge in [-0.1, -0.05) is 12.1 Å². The lowest BCUT2D eigenvalue weighted by atomic mass is 10.0. The number of carboxylic acids is 1. The molecular formula is C20H16N4O3. The molecule has 0 amide bonds. The van der Waals surface area contributed by atoms with Crippen LogP contribution in [0.15, 0.2) is 66.0 Å². The molecule has 0 aliphatic rings. The first-order valence-corrected chi connectivity index (χ1v) is 8.33. The van der Waals surface area contributed by atoms with E-state index in [0.29, 0.717) is 11.9 Å². The van der Waals surface area contributed by atoms with E-state index in [9.17, 15) is 14.7 Å². The van der Waals surface area contributed by atoms with Crippen molar-refractivity contribution in [3.05, 3.63) is 88.4 Å². The van der Waals surface area contributed by atoms with Crippen LogP contribution in [0.1, 0.15) is 21.6 Å². The summed E-state index contributed by atoms with van der Waals surface area (Å²) in [6.45, 7) is 0. The number of carboxylic acid groups (broad SMARTS) is 1. The zero-order valence-corrected chi connectivity index (χ0v) is 14.5. The molecule has 0 unspecified atom stereocenters. The fraction of sp³-hybridized carbons (Fsp3) is 0.100. The molecule has 134 valence electrons. The summed E-state index contributed by atoms with van der Waals surface area (Å²) >= 11 is 0. The van der Waals surface area contributed by atoms with Crippen molar-refractivity contribution in [2.45, 2.75) is 6.42 Å². The average Bonchev–Trinajstić information content (AvgIpc) is 3.11. The number of rotatable bonds is 4. The maximum absolute atomic E-state index is 12.3. The Kier molecular flexibility index (Phi) is 4.04. The molecule has 0 radical (unpaired) electrons. The SMILES string of the molecule is Cn1cc(-c2ccc(Cc3cc(C(=O)O)c(=O)n4ccccc34)nc2)cn1. The Morgan fingerprint density at radius 2 is 2.00 bits per heavy atom. The lowest BCUT2D eigenvalue weighted by Crippen LogP contribution is -2.23. The van der Waals surface area contributed by atoms with Gasteiger partial charge in [0, 0.05) is 48.9 Å². The number of carbonyl (C=O) groups is 1. The first kappa shape index (κ1) is 16.7. The van der Waals surface area contributed by atoms with Crippen LogP contribution in [0.5, 0.6) is 0 Å². The van der Waals surface area contributed by atoms with Gasteiger partial charge in [-0.2, -0.15) is 5.10 Å². The number of aromatic carboxylic acids is 1. The molecule has 7 nitrogen and oxygen atoms in total. The fourth-order valence-electron chi connectivity index (χ4n) is 3.08. The molecule has 0 spiro atoms. The molecule has 4 aromatic rings. The van der Waals surface area contributed by atoms with Gasteiger partial charge in [0.2, 0.25) is 0 Å². The smallest absolute Gasteiger partial charge is 0.341 e. The van der Waals surface area contributed by atoms with Crippen molar-refractivity contribution in [1.82, 2.24) is 19.2 Å². The zero-order chi connectivity index (χ0) is 19.0. The fourth-order valence-corrected chi connectivity index (χ4v) is 3.08. The number of aryl methyl sites for hydroxylation is 1. The van der Waals surface area contributed by atoms with Crippen LogP contribution in [-0.2, 0) is 13.5 Å². The molecule has 0 atom stereocenters. The van der Waals surface area contributed by atoms with E-state index in [4.69, 9.17) is 0 Å². The largest absolute Gasteiger partial charge is 0.477 e. The monoisotopic (exact) mass is 360 g/mol. The summed E-state index contributed by atoms with van der Waals surface area (Å²) in [7, 11) is 1.85. The van der Waals surface area contributed by atoms with E-state index in [2.05, 4.69) is 10.1 Å². The van der Waals surface area contributed by atoms with Gasteiger partial charge in [-0.05, 0) is 29.8 Å². The van der Waals surface area contributed by atoms with Gasteiger partial charge in [0.1, 0.15) is 5.56 Å². The molecular weight excluding hydrogens is 344 g/mol. The van der Waals surface area contributed by atoms with Gasteiger partial charge in [-0.25, -0.2) is 4.79 Å². The third-order valence-corrected chi connectivity index (χ3v) is 4.42. The zero-order valence-electron chi connectivity index (χ0n) is 14.5. The van der Waals surface area contributed by atoms with Crippen molar-refractivity contribution >= 4 is 11.5 Å². The van der Waals surface area contributed by atoms with E-state index < -0.39 is 11.5 Å². The van der Waals surface area contributed by atoms with Crippen LogP contribution in [0.3, 0.4) is 0 Å². The Balaban J connectivity index is 1.74. The van der Waals surface area contributed by atoms with Gasteiger partial charge < -0.3 is 5.11 Å². The van der Waals surface area contributed by atoms with Crippen LogP contribution < -0.4 is 5.56 Å². The summed E-state index contributed by atoms with van der Waals surface area (Å²) < 4.78 is 3.09. The van der Waals surface area contributed by atoms with Gasteiger partial charge in [0.15, 0.2) is 0 Å². The molecule has 4 heterocycles. The van der Waals surface area contributed by atoms with Crippen LogP contribution in [-0.4, -0.2) is 30.2 Å². The number of pyridine rings is 3. The van der Waals surface area contributed by atoms with Gasteiger partial charge in [-0.15, -0.1) is 0 Å². The number of aromatic nitrogens is 4. The molecule has 4 aromatic heterocycles. The molecule has 0 aromatic carbocycles. The van der Waals surface area contributed by atoms with Crippen molar-refractivity contribution in [1.29, 1.82) is 0 Å². The minimum absolute atomic E-state index is 0.249. The summed E-state index contributed by atoms with van der Waals surface area (Å²) in [6.07, 6.45) is 7.44. The Labute approximate surface area is 154 Å². The average molecular weight is 360 g/mol. The molecule has 4 rings (SSSR count). The van der Waals surface area contributed by atoms with Crippen molar-refractivity contribution in [2.24, 2.45) is 7.05 Å². The topological polar surface area (TPSA) is 89.5 Å². The van der Waals surface area contributed by atoms with Crippen molar-refractivity contribution < 1.29 is 9.90 Å². The van der Waals surface area contributed by atoms with Crippen molar-refractivity contribution in [3.8, 4) is 11.1 Å². The van der Waals surface area contributed by atoms with Crippen LogP contribution in [0, 0.1) is 0 Å². The number of fused-ring (bicyclic) bond motifs is 1. The molecule has 0 saturated carbocycles. The third kappa shape index (κ3) is 3.10. The van der Waals surface area contributed by atoms with Crippen LogP contribution in [0.2, 0.25) is 0 Å². The second-order valence-electron chi connectivity index (χ2n) is 6.27. The maximum Gasteiger partial charge on any atom is 0.341 e. The predicted octanol–water partition coefficient (Wildman–Crippen LogP) is 2.38. The Morgan fingerprint density at radius 3 is 2.67 bits per heavy atom. The molecule has 7 heteroatoms. The lowest BCUT2D eigenvalue weighted by Gasteiger charge is -2.09. The standard InChI is InChI=1S/C20H16N4O3/c1-23-12-15(11-22-23)13-5-6-16(21-10-13)8-14-9-17(20(26)27)19(25)24-7-3-2-4-18(14)24/h2-7,9-12H,8H2,1H3,(H,26,27). The van der Waals surface area contributed by atoms with E-state index in [0.717, 1.165) is 22.4 Å². The Morgan fingerprint density at radius 1 is 1.15 bits per heavy atom. The van der Waals surface area contributed by atoms with Gasteiger partial charge in [-0.3, -0.25) is 18.9 Å². The van der Waals surface area contributed by atoms with Crippen molar-refractivity contribution in [3.63, 3.8) is 0 Å². The number of hydrogen-bond donors (Lipinski definition) is 1. The van der Waals surface area contributed by atoms with Crippen LogP contribution in [0.25, 0.3) is 16.6 Å². The quantitative estimate of drug-likeness (QED) is 0.603. The van der Waals surface area contributed by atoms with Crippen LogP contribution in [0.4, 0.5) is 0 Å². The maximum atomic E-state index is 12.3. The molecule has 0 fully saturated rings. The van der Waals surface area contributed by atoms with E-state index in [1.165, 1.54) is 10.5 Å².